The molecule has 4 nitrogen and oxygen atoms in total. The van der Waals surface area contributed by atoms with Crippen molar-refractivity contribution < 1.29 is 0 Å². The summed E-state index contributed by atoms with van der Waals surface area (Å²) in [6.07, 6.45) is 6.10. The quantitative estimate of drug-likeness (QED) is 0.708. The zero-order valence-electron chi connectivity index (χ0n) is 8.12. The van der Waals surface area contributed by atoms with Crippen LogP contribution in [0.1, 0.15) is 43.7 Å². The van der Waals surface area contributed by atoms with Gasteiger partial charge >= 0.3 is 5.69 Å². The molecule has 76 valence electrons. The van der Waals surface area contributed by atoms with Gasteiger partial charge in [0.1, 0.15) is 5.82 Å². The first kappa shape index (κ1) is 9.24. The molecule has 1 aliphatic carbocycles. The maximum absolute atomic E-state index is 11.1. The number of hydrogen-bond donors (Lipinski definition) is 2. The van der Waals surface area contributed by atoms with E-state index in [1.54, 1.807) is 6.07 Å². The van der Waals surface area contributed by atoms with E-state index < -0.39 is 0 Å². The second kappa shape index (κ2) is 3.82. The molecule has 0 radical (unpaired) electrons. The van der Waals surface area contributed by atoms with Gasteiger partial charge in [-0.15, -0.1) is 0 Å². The highest BCUT2D eigenvalue weighted by atomic mass is 16.1. The molecular formula is C10H15N3O. The van der Waals surface area contributed by atoms with E-state index in [4.69, 9.17) is 5.73 Å². The molecule has 0 aromatic carbocycles. The number of nitrogens with two attached hydrogens (primary N) is 1. The molecule has 0 spiro atoms. The number of anilines is 1. The van der Waals surface area contributed by atoms with Crippen molar-refractivity contribution in [2.24, 2.45) is 0 Å². The van der Waals surface area contributed by atoms with Crippen molar-refractivity contribution in [2.75, 3.05) is 5.73 Å². The predicted octanol–water partition coefficient (Wildman–Crippen LogP) is 1.40. The van der Waals surface area contributed by atoms with E-state index in [0.29, 0.717) is 11.7 Å². The van der Waals surface area contributed by atoms with Crippen LogP contribution in [0.25, 0.3) is 0 Å². The van der Waals surface area contributed by atoms with Crippen molar-refractivity contribution in [1.29, 1.82) is 0 Å². The summed E-state index contributed by atoms with van der Waals surface area (Å²) in [5, 5.41) is 0. The van der Waals surface area contributed by atoms with Crippen LogP contribution in [0.5, 0.6) is 0 Å². The van der Waals surface area contributed by atoms with Gasteiger partial charge in [-0.05, 0) is 18.8 Å². The number of aromatic amines is 1. The summed E-state index contributed by atoms with van der Waals surface area (Å²) in [5.41, 5.74) is 6.17. The lowest BCUT2D eigenvalue weighted by Gasteiger charge is -2.21. The van der Waals surface area contributed by atoms with E-state index in [0.717, 1.165) is 18.5 Å². The minimum absolute atomic E-state index is 0.328. The van der Waals surface area contributed by atoms with Gasteiger partial charge in [0.15, 0.2) is 0 Å². The molecule has 14 heavy (non-hydrogen) atoms. The third kappa shape index (κ3) is 1.95. The summed E-state index contributed by atoms with van der Waals surface area (Å²) in [6.45, 7) is 0. The van der Waals surface area contributed by atoms with Gasteiger partial charge in [0, 0.05) is 11.8 Å². The molecule has 0 unspecified atom stereocenters. The third-order valence-electron chi connectivity index (χ3n) is 2.83. The van der Waals surface area contributed by atoms with E-state index >= 15 is 0 Å². The summed E-state index contributed by atoms with van der Waals surface area (Å²) < 4.78 is 0. The smallest absolute Gasteiger partial charge is 0.347 e. The van der Waals surface area contributed by atoms with Crippen LogP contribution in [0, 0.1) is 0 Å². The molecule has 1 saturated carbocycles. The molecule has 1 aromatic heterocycles. The van der Waals surface area contributed by atoms with Gasteiger partial charge in [-0.25, -0.2) is 4.79 Å². The number of nitrogens with one attached hydrogen (secondary N) is 1. The molecule has 0 saturated heterocycles. The number of aromatic nitrogens is 2. The summed E-state index contributed by atoms with van der Waals surface area (Å²) in [6, 6.07) is 1.79. The Labute approximate surface area is 82.6 Å². The number of hydrogen-bond acceptors (Lipinski definition) is 3. The Hall–Kier alpha value is -1.32. The van der Waals surface area contributed by atoms with E-state index in [-0.39, 0.29) is 5.69 Å². The molecule has 1 aromatic rings. The first-order valence-corrected chi connectivity index (χ1v) is 5.12. The van der Waals surface area contributed by atoms with Crippen LogP contribution in [0.4, 0.5) is 5.82 Å². The van der Waals surface area contributed by atoms with Crippen molar-refractivity contribution in [3.05, 3.63) is 22.2 Å². The van der Waals surface area contributed by atoms with Gasteiger partial charge in [-0.3, -0.25) is 0 Å². The van der Waals surface area contributed by atoms with E-state index in [1.807, 2.05) is 0 Å². The highest BCUT2D eigenvalue weighted by Crippen LogP contribution is 2.31. The van der Waals surface area contributed by atoms with Crippen molar-refractivity contribution in [2.45, 2.75) is 38.0 Å². The second-order valence-corrected chi connectivity index (χ2v) is 3.90. The SMILES string of the molecule is Nc1cc(C2CCCCC2)[nH]c(=O)n1. The van der Waals surface area contributed by atoms with Gasteiger partial charge in [0.2, 0.25) is 0 Å². The van der Waals surface area contributed by atoms with Gasteiger partial charge in [0.05, 0.1) is 0 Å². The van der Waals surface area contributed by atoms with Gasteiger partial charge in [0.25, 0.3) is 0 Å². The van der Waals surface area contributed by atoms with E-state index in [9.17, 15) is 4.79 Å². The minimum atomic E-state index is -0.328. The Bertz CT molecular complexity index is 366. The molecule has 2 rings (SSSR count). The fraction of sp³-hybridized carbons (Fsp3) is 0.600. The lowest BCUT2D eigenvalue weighted by atomic mass is 9.87. The molecule has 1 aliphatic rings. The molecule has 0 bridgehead atoms. The molecular weight excluding hydrogens is 178 g/mol. The maximum Gasteiger partial charge on any atom is 0.347 e. The maximum atomic E-state index is 11.1. The van der Waals surface area contributed by atoms with Crippen LogP contribution in [-0.2, 0) is 0 Å². The van der Waals surface area contributed by atoms with Crippen molar-refractivity contribution in [3.63, 3.8) is 0 Å². The number of H-pyrrole nitrogens is 1. The number of nitrogens with zero attached hydrogens (tertiary/aromatic N) is 1. The third-order valence-corrected chi connectivity index (χ3v) is 2.83. The highest BCUT2D eigenvalue weighted by Gasteiger charge is 2.16. The van der Waals surface area contributed by atoms with Crippen LogP contribution in [0.15, 0.2) is 10.9 Å². The highest BCUT2D eigenvalue weighted by molar-refractivity contribution is 5.29. The van der Waals surface area contributed by atoms with Crippen LogP contribution in [0.3, 0.4) is 0 Å². The van der Waals surface area contributed by atoms with E-state index in [1.165, 1.54) is 19.3 Å². The van der Waals surface area contributed by atoms with Crippen molar-refractivity contribution in [3.8, 4) is 0 Å². The number of nitrogen functional groups attached to an aromatic ring is 1. The van der Waals surface area contributed by atoms with Crippen LogP contribution >= 0.6 is 0 Å². The van der Waals surface area contributed by atoms with Crippen LogP contribution in [-0.4, -0.2) is 9.97 Å². The van der Waals surface area contributed by atoms with Crippen molar-refractivity contribution in [1.82, 2.24) is 9.97 Å². The number of rotatable bonds is 1. The zero-order valence-corrected chi connectivity index (χ0v) is 8.12. The summed E-state index contributed by atoms with van der Waals surface area (Å²) in [4.78, 5) is 17.5. The Morgan fingerprint density at radius 2 is 2.07 bits per heavy atom. The summed E-state index contributed by atoms with van der Waals surface area (Å²) in [5.74, 6) is 0.802. The average molecular weight is 193 g/mol. The standard InChI is InChI=1S/C10H15N3O/c11-9-6-8(12-10(14)13-9)7-4-2-1-3-5-7/h6-7H,1-5H2,(H3,11,12,13,14). The van der Waals surface area contributed by atoms with Gasteiger partial charge < -0.3 is 10.7 Å². The Morgan fingerprint density at radius 1 is 1.36 bits per heavy atom. The molecule has 0 atom stereocenters. The molecule has 0 aliphatic heterocycles. The Balaban J connectivity index is 2.26. The minimum Gasteiger partial charge on any atom is -0.383 e. The second-order valence-electron chi connectivity index (χ2n) is 3.90. The zero-order chi connectivity index (χ0) is 9.97. The molecule has 4 heteroatoms. The van der Waals surface area contributed by atoms with Gasteiger partial charge in [-0.1, -0.05) is 19.3 Å². The first-order valence-electron chi connectivity index (χ1n) is 5.12. The lowest BCUT2D eigenvalue weighted by molar-refractivity contribution is 0.435. The summed E-state index contributed by atoms with van der Waals surface area (Å²) >= 11 is 0. The predicted molar refractivity (Wildman–Crippen MR) is 55.1 cm³/mol. The fourth-order valence-corrected chi connectivity index (χ4v) is 2.13. The largest absolute Gasteiger partial charge is 0.383 e. The molecule has 0 amide bonds. The topological polar surface area (TPSA) is 71.8 Å². The first-order chi connectivity index (χ1) is 6.75. The Morgan fingerprint density at radius 3 is 2.71 bits per heavy atom. The molecule has 1 fully saturated rings. The normalized spacial score (nSPS) is 18.3. The summed E-state index contributed by atoms with van der Waals surface area (Å²) in [7, 11) is 0. The van der Waals surface area contributed by atoms with Crippen LogP contribution in [0.2, 0.25) is 0 Å². The molecule has 3 N–H and O–H groups in total. The van der Waals surface area contributed by atoms with Gasteiger partial charge in [-0.2, -0.15) is 4.98 Å². The Kier molecular flexibility index (Phi) is 2.52. The van der Waals surface area contributed by atoms with Crippen LogP contribution < -0.4 is 11.4 Å². The van der Waals surface area contributed by atoms with Crippen molar-refractivity contribution >= 4 is 5.82 Å². The monoisotopic (exact) mass is 193 g/mol. The average Bonchev–Trinajstić information content (AvgIpc) is 2.18. The van der Waals surface area contributed by atoms with E-state index in [2.05, 4.69) is 9.97 Å². The lowest BCUT2D eigenvalue weighted by Crippen LogP contribution is -2.17. The fourth-order valence-electron chi connectivity index (χ4n) is 2.13. The molecule has 1 heterocycles.